The van der Waals surface area contributed by atoms with Gasteiger partial charge in [-0.3, -0.25) is 14.4 Å². The molecule has 0 heterocycles. The number of hydrogen-bond acceptors (Lipinski definition) is 4. The van der Waals surface area contributed by atoms with Gasteiger partial charge in [0.1, 0.15) is 6.29 Å². The number of allylic oxidation sites excluding steroid dienone is 4. The van der Waals surface area contributed by atoms with Crippen LogP contribution in [0, 0.1) is 28.1 Å². The van der Waals surface area contributed by atoms with Crippen molar-refractivity contribution in [1.82, 2.24) is 0 Å². The van der Waals surface area contributed by atoms with Crippen LogP contribution in [0.5, 0.6) is 0 Å². The molecule has 0 spiro atoms. The number of hydrogen-bond donors (Lipinski definition) is 2. The molecule has 6 atom stereocenters. The third kappa shape index (κ3) is 2.58. The maximum atomic E-state index is 13.0. The van der Waals surface area contributed by atoms with Gasteiger partial charge in [-0.1, -0.05) is 19.9 Å². The smallest absolute Gasteiger partial charge is 0.312 e. The fraction of sp³-hybridized carbons (Fsp3) is 0.682. The molecule has 6 unspecified atom stereocenters. The lowest BCUT2D eigenvalue weighted by Gasteiger charge is -2.61. The van der Waals surface area contributed by atoms with Crippen LogP contribution in [-0.2, 0) is 14.4 Å². The summed E-state index contributed by atoms with van der Waals surface area (Å²) in [5.74, 6) is -0.945. The van der Waals surface area contributed by atoms with Crippen LogP contribution in [0.25, 0.3) is 0 Å². The highest BCUT2D eigenvalue weighted by atomic mass is 16.4. The number of aliphatic carboxylic acids is 1. The van der Waals surface area contributed by atoms with E-state index < -0.39 is 17.5 Å². The maximum absolute atomic E-state index is 13.0. The molecule has 0 aromatic rings. The summed E-state index contributed by atoms with van der Waals surface area (Å²) in [7, 11) is 0. The second-order valence-corrected chi connectivity index (χ2v) is 9.39. The largest absolute Gasteiger partial charge is 0.481 e. The summed E-state index contributed by atoms with van der Waals surface area (Å²) < 4.78 is 0. The predicted molar refractivity (Wildman–Crippen MR) is 101 cm³/mol. The first-order valence-corrected chi connectivity index (χ1v) is 9.81. The van der Waals surface area contributed by atoms with E-state index in [4.69, 9.17) is 0 Å². The minimum absolute atomic E-state index is 0.0528. The Morgan fingerprint density at radius 3 is 2.41 bits per heavy atom. The van der Waals surface area contributed by atoms with Crippen LogP contribution in [-0.4, -0.2) is 34.4 Å². The van der Waals surface area contributed by atoms with Crippen molar-refractivity contribution in [3.05, 3.63) is 23.3 Å². The standard InChI is InChI=1S/C22H30O5/c1-13(6-5-11-23)18-14(24)12-16-20(2)10-8-17(25)22(4,19(26)27)15(20)7-9-21(16,18)3/h5-6,11,15-17,25H,7-10,12H2,1-4H3,(H,26,27). The van der Waals surface area contributed by atoms with E-state index in [1.165, 1.54) is 6.08 Å². The number of ketones is 1. The summed E-state index contributed by atoms with van der Waals surface area (Å²) in [5, 5.41) is 20.5. The third-order valence-corrected chi connectivity index (χ3v) is 8.21. The lowest BCUT2D eigenvalue weighted by atomic mass is 9.43. The highest BCUT2D eigenvalue weighted by Crippen LogP contribution is 2.69. The summed E-state index contributed by atoms with van der Waals surface area (Å²) in [6.45, 7) is 7.80. The van der Waals surface area contributed by atoms with Crippen LogP contribution < -0.4 is 0 Å². The number of aldehydes is 1. The first kappa shape index (κ1) is 20.0. The van der Waals surface area contributed by atoms with Crippen molar-refractivity contribution in [2.45, 2.75) is 65.9 Å². The number of Topliss-reactive ketones (excluding diaryl/α,β-unsaturated/α-hetero) is 1. The molecule has 2 N–H and O–H groups in total. The molecule has 0 aromatic carbocycles. The summed E-state index contributed by atoms with van der Waals surface area (Å²) in [6.07, 6.45) is 5.95. The van der Waals surface area contributed by atoms with Crippen molar-refractivity contribution in [2.24, 2.45) is 28.1 Å². The lowest BCUT2D eigenvalue weighted by molar-refractivity contribution is -0.194. The molecular weight excluding hydrogens is 344 g/mol. The zero-order valence-corrected chi connectivity index (χ0v) is 16.6. The molecule has 3 saturated carbocycles. The second-order valence-electron chi connectivity index (χ2n) is 9.39. The van der Waals surface area contributed by atoms with Crippen LogP contribution in [0.1, 0.15) is 59.8 Å². The minimum atomic E-state index is -1.18. The Bertz CT molecular complexity index is 750. The molecule has 0 saturated heterocycles. The predicted octanol–water partition coefficient (Wildman–Crippen LogP) is 3.32. The van der Waals surface area contributed by atoms with Crippen molar-refractivity contribution >= 4 is 18.0 Å². The zero-order chi connectivity index (χ0) is 20.2. The molecule has 3 aliphatic carbocycles. The van der Waals surface area contributed by atoms with Gasteiger partial charge in [0.05, 0.1) is 11.5 Å². The van der Waals surface area contributed by atoms with E-state index in [-0.39, 0.29) is 28.4 Å². The number of aliphatic hydroxyl groups excluding tert-OH is 1. The molecule has 5 nitrogen and oxygen atoms in total. The highest BCUT2D eigenvalue weighted by Gasteiger charge is 2.67. The number of carboxylic acids is 1. The Kier molecular flexibility index (Phi) is 4.74. The first-order chi connectivity index (χ1) is 12.5. The van der Waals surface area contributed by atoms with Gasteiger partial charge in [0, 0.05) is 17.4 Å². The first-order valence-electron chi connectivity index (χ1n) is 9.81. The lowest BCUT2D eigenvalue weighted by Crippen LogP contribution is -2.61. The van der Waals surface area contributed by atoms with E-state index in [0.29, 0.717) is 25.5 Å². The highest BCUT2D eigenvalue weighted by molar-refractivity contribution is 6.01. The molecule has 0 aliphatic heterocycles. The van der Waals surface area contributed by atoms with Crippen LogP contribution in [0.4, 0.5) is 0 Å². The van der Waals surface area contributed by atoms with Gasteiger partial charge in [0.15, 0.2) is 5.78 Å². The van der Waals surface area contributed by atoms with Gasteiger partial charge in [-0.25, -0.2) is 0 Å². The number of carboxylic acid groups (broad SMARTS) is 1. The number of rotatable bonds is 3. The Labute approximate surface area is 160 Å². The average molecular weight is 374 g/mol. The molecular formula is C22H30O5. The van der Waals surface area contributed by atoms with Gasteiger partial charge in [-0.15, -0.1) is 0 Å². The topological polar surface area (TPSA) is 91.7 Å². The number of carbonyl (C=O) groups is 3. The SMILES string of the molecule is CC(C=CC=O)=C1C(=O)CC2C1(C)CCC1C2(C)CCC(O)C1(C)C(=O)O. The van der Waals surface area contributed by atoms with Gasteiger partial charge < -0.3 is 10.2 Å². The Hall–Kier alpha value is -1.75. The minimum Gasteiger partial charge on any atom is -0.481 e. The molecule has 0 radical (unpaired) electrons. The normalized spacial score (nSPS) is 46.1. The number of fused-ring (bicyclic) bond motifs is 3. The van der Waals surface area contributed by atoms with Gasteiger partial charge in [-0.2, -0.15) is 0 Å². The zero-order valence-electron chi connectivity index (χ0n) is 16.6. The van der Waals surface area contributed by atoms with Crippen LogP contribution >= 0.6 is 0 Å². The third-order valence-electron chi connectivity index (χ3n) is 8.21. The fourth-order valence-electron chi connectivity index (χ4n) is 6.82. The summed E-state index contributed by atoms with van der Waals surface area (Å²) >= 11 is 0. The number of aliphatic hydroxyl groups is 1. The fourth-order valence-corrected chi connectivity index (χ4v) is 6.82. The van der Waals surface area contributed by atoms with Crippen molar-refractivity contribution in [3.8, 4) is 0 Å². The van der Waals surface area contributed by atoms with Gasteiger partial charge in [-0.05, 0) is 68.4 Å². The molecule has 3 rings (SSSR count). The molecule has 0 bridgehead atoms. The quantitative estimate of drug-likeness (QED) is 0.584. The summed E-state index contributed by atoms with van der Waals surface area (Å²) in [4.78, 5) is 35.8. The van der Waals surface area contributed by atoms with E-state index in [1.807, 2.05) is 6.92 Å². The molecule has 148 valence electrons. The molecule has 5 heteroatoms. The van der Waals surface area contributed by atoms with Crippen LogP contribution in [0.15, 0.2) is 23.3 Å². The molecule has 3 fully saturated rings. The van der Waals surface area contributed by atoms with Gasteiger partial charge >= 0.3 is 5.97 Å². The van der Waals surface area contributed by atoms with Gasteiger partial charge in [0.2, 0.25) is 0 Å². The van der Waals surface area contributed by atoms with E-state index >= 15 is 0 Å². The summed E-state index contributed by atoms with van der Waals surface area (Å²) in [5.41, 5.74) is -0.187. The van der Waals surface area contributed by atoms with E-state index in [0.717, 1.165) is 24.0 Å². The Balaban J connectivity index is 2.10. The van der Waals surface area contributed by atoms with Crippen LogP contribution in [0.3, 0.4) is 0 Å². The maximum Gasteiger partial charge on any atom is 0.312 e. The number of carbonyl (C=O) groups excluding carboxylic acids is 2. The Morgan fingerprint density at radius 1 is 1.15 bits per heavy atom. The summed E-state index contributed by atoms with van der Waals surface area (Å²) in [6, 6.07) is 0. The van der Waals surface area contributed by atoms with E-state index in [2.05, 4.69) is 13.8 Å². The van der Waals surface area contributed by atoms with Crippen molar-refractivity contribution in [2.75, 3.05) is 0 Å². The monoisotopic (exact) mass is 374 g/mol. The van der Waals surface area contributed by atoms with Crippen molar-refractivity contribution in [3.63, 3.8) is 0 Å². The second kappa shape index (κ2) is 6.40. The Morgan fingerprint density at radius 2 is 1.81 bits per heavy atom. The van der Waals surface area contributed by atoms with E-state index in [1.54, 1.807) is 13.0 Å². The van der Waals surface area contributed by atoms with Crippen LogP contribution in [0.2, 0.25) is 0 Å². The molecule has 3 aliphatic rings. The molecule has 0 amide bonds. The average Bonchev–Trinajstić information content (AvgIpc) is 2.88. The molecule has 0 aromatic heterocycles. The molecule has 27 heavy (non-hydrogen) atoms. The van der Waals surface area contributed by atoms with Crippen molar-refractivity contribution < 1.29 is 24.6 Å². The van der Waals surface area contributed by atoms with Gasteiger partial charge in [0.25, 0.3) is 0 Å². The van der Waals surface area contributed by atoms with Crippen molar-refractivity contribution in [1.29, 1.82) is 0 Å². The van der Waals surface area contributed by atoms with E-state index in [9.17, 15) is 24.6 Å².